The number of rotatable bonds is 18. The molecule has 6 nitrogen and oxygen atoms in total. The van der Waals surface area contributed by atoms with Crippen LogP contribution in [0.25, 0.3) is 0 Å². The first-order valence-electron chi connectivity index (χ1n) is 12.2. The van der Waals surface area contributed by atoms with E-state index in [0.29, 0.717) is 33.0 Å². The SMILES string of the molecule is CCc1cnn(C(C)c2ccc(CNCCOCCOCCOCCCC(C)C)cc2)c1. The Balaban J connectivity index is 1.46. The van der Waals surface area contributed by atoms with Gasteiger partial charge in [0.25, 0.3) is 0 Å². The van der Waals surface area contributed by atoms with Crippen molar-refractivity contribution in [2.75, 3.05) is 46.2 Å². The average molecular weight is 446 g/mol. The van der Waals surface area contributed by atoms with E-state index in [-0.39, 0.29) is 6.04 Å². The van der Waals surface area contributed by atoms with Gasteiger partial charge in [-0.25, -0.2) is 0 Å². The summed E-state index contributed by atoms with van der Waals surface area (Å²) in [6, 6.07) is 8.99. The van der Waals surface area contributed by atoms with E-state index in [1.165, 1.54) is 23.1 Å². The van der Waals surface area contributed by atoms with Crippen LogP contribution in [0.4, 0.5) is 0 Å². The molecule has 1 aromatic heterocycles. The lowest BCUT2D eigenvalue weighted by Crippen LogP contribution is -2.20. The van der Waals surface area contributed by atoms with Gasteiger partial charge in [-0.3, -0.25) is 4.68 Å². The van der Waals surface area contributed by atoms with E-state index in [2.05, 4.69) is 68.6 Å². The Hall–Kier alpha value is -1.73. The molecule has 0 aliphatic rings. The van der Waals surface area contributed by atoms with Crippen LogP contribution in [0.3, 0.4) is 0 Å². The van der Waals surface area contributed by atoms with E-state index in [4.69, 9.17) is 14.2 Å². The largest absolute Gasteiger partial charge is 0.379 e. The summed E-state index contributed by atoms with van der Waals surface area (Å²) in [7, 11) is 0. The third-order valence-electron chi connectivity index (χ3n) is 5.49. The highest BCUT2D eigenvalue weighted by Gasteiger charge is 2.09. The molecule has 0 bridgehead atoms. The first kappa shape index (κ1) is 26.5. The van der Waals surface area contributed by atoms with Gasteiger partial charge in [0, 0.05) is 25.9 Å². The molecule has 0 spiro atoms. The highest BCUT2D eigenvalue weighted by atomic mass is 16.5. The van der Waals surface area contributed by atoms with Crippen molar-refractivity contribution in [2.45, 2.75) is 59.5 Å². The van der Waals surface area contributed by atoms with Gasteiger partial charge in [0.2, 0.25) is 0 Å². The number of ether oxygens (including phenoxy) is 3. The van der Waals surface area contributed by atoms with E-state index in [1.807, 2.05) is 10.9 Å². The van der Waals surface area contributed by atoms with Crippen LogP contribution >= 0.6 is 0 Å². The summed E-state index contributed by atoms with van der Waals surface area (Å²) in [6.07, 6.45) is 7.45. The van der Waals surface area contributed by atoms with Gasteiger partial charge in [0.15, 0.2) is 0 Å². The monoisotopic (exact) mass is 445 g/mol. The van der Waals surface area contributed by atoms with E-state index in [9.17, 15) is 0 Å². The predicted octanol–water partition coefficient (Wildman–Crippen LogP) is 4.63. The lowest BCUT2D eigenvalue weighted by molar-refractivity contribution is 0.0141. The van der Waals surface area contributed by atoms with Gasteiger partial charge >= 0.3 is 0 Å². The maximum Gasteiger partial charge on any atom is 0.0740 e. The van der Waals surface area contributed by atoms with Gasteiger partial charge in [-0.1, -0.05) is 45.0 Å². The molecule has 0 amide bonds. The third kappa shape index (κ3) is 10.7. The zero-order valence-electron chi connectivity index (χ0n) is 20.5. The Morgan fingerprint density at radius 3 is 2.16 bits per heavy atom. The Morgan fingerprint density at radius 2 is 1.53 bits per heavy atom. The molecule has 0 fully saturated rings. The Morgan fingerprint density at radius 1 is 0.875 bits per heavy atom. The van der Waals surface area contributed by atoms with Crippen LogP contribution in [-0.2, 0) is 27.2 Å². The summed E-state index contributed by atoms with van der Waals surface area (Å²) in [5.74, 6) is 0.748. The lowest BCUT2D eigenvalue weighted by atomic mass is 10.1. The summed E-state index contributed by atoms with van der Waals surface area (Å²) in [4.78, 5) is 0. The number of benzene rings is 1. The van der Waals surface area contributed by atoms with Crippen molar-refractivity contribution in [1.29, 1.82) is 0 Å². The number of hydrogen-bond acceptors (Lipinski definition) is 5. The first-order chi connectivity index (χ1) is 15.6. The summed E-state index contributed by atoms with van der Waals surface area (Å²) in [6.45, 7) is 14.5. The minimum absolute atomic E-state index is 0.240. The lowest BCUT2D eigenvalue weighted by Gasteiger charge is -2.13. The molecule has 0 aliphatic carbocycles. The molecule has 2 rings (SSSR count). The van der Waals surface area contributed by atoms with Crippen LogP contribution < -0.4 is 5.32 Å². The molecule has 1 aromatic carbocycles. The normalized spacial score (nSPS) is 12.5. The van der Waals surface area contributed by atoms with Crippen molar-refractivity contribution < 1.29 is 14.2 Å². The number of nitrogens with zero attached hydrogens (tertiary/aromatic N) is 2. The molecule has 6 heteroatoms. The second-order valence-corrected chi connectivity index (χ2v) is 8.65. The van der Waals surface area contributed by atoms with Gasteiger partial charge in [0.05, 0.1) is 45.3 Å². The summed E-state index contributed by atoms with van der Waals surface area (Å²) in [5, 5.41) is 7.91. The van der Waals surface area contributed by atoms with Crippen LogP contribution in [0.2, 0.25) is 0 Å². The van der Waals surface area contributed by atoms with E-state index < -0.39 is 0 Å². The van der Waals surface area contributed by atoms with Crippen molar-refractivity contribution in [3.8, 4) is 0 Å². The fourth-order valence-corrected chi connectivity index (χ4v) is 3.35. The Kier molecular flexibility index (Phi) is 13.2. The van der Waals surface area contributed by atoms with E-state index in [1.54, 1.807) is 0 Å². The minimum atomic E-state index is 0.240. The van der Waals surface area contributed by atoms with Crippen molar-refractivity contribution in [3.05, 3.63) is 53.3 Å². The van der Waals surface area contributed by atoms with Crippen molar-refractivity contribution >= 4 is 0 Å². The van der Waals surface area contributed by atoms with Gasteiger partial charge in [-0.2, -0.15) is 5.10 Å². The van der Waals surface area contributed by atoms with Crippen LogP contribution in [0.5, 0.6) is 0 Å². The molecule has 1 atom stereocenters. The molecule has 1 heterocycles. The molecule has 1 unspecified atom stereocenters. The molecular weight excluding hydrogens is 402 g/mol. The zero-order chi connectivity index (χ0) is 23.0. The van der Waals surface area contributed by atoms with Gasteiger partial charge < -0.3 is 19.5 Å². The molecule has 1 N–H and O–H groups in total. The highest BCUT2D eigenvalue weighted by molar-refractivity contribution is 5.25. The molecule has 0 saturated heterocycles. The Labute approximate surface area is 194 Å². The summed E-state index contributed by atoms with van der Waals surface area (Å²) < 4.78 is 18.7. The first-order valence-corrected chi connectivity index (χ1v) is 12.2. The quantitative estimate of drug-likeness (QED) is 0.339. The predicted molar refractivity (Wildman–Crippen MR) is 130 cm³/mol. The third-order valence-corrected chi connectivity index (χ3v) is 5.49. The number of nitrogens with one attached hydrogen (secondary N) is 1. The van der Waals surface area contributed by atoms with Gasteiger partial charge in [0.1, 0.15) is 0 Å². The van der Waals surface area contributed by atoms with Crippen molar-refractivity contribution in [2.24, 2.45) is 5.92 Å². The molecular formula is C26H43N3O3. The van der Waals surface area contributed by atoms with Crippen LogP contribution in [0.15, 0.2) is 36.7 Å². The molecule has 32 heavy (non-hydrogen) atoms. The van der Waals surface area contributed by atoms with Crippen LogP contribution in [-0.4, -0.2) is 56.0 Å². The maximum absolute atomic E-state index is 5.62. The van der Waals surface area contributed by atoms with E-state index >= 15 is 0 Å². The van der Waals surface area contributed by atoms with Crippen LogP contribution in [0, 0.1) is 5.92 Å². The smallest absolute Gasteiger partial charge is 0.0740 e. The van der Waals surface area contributed by atoms with Crippen LogP contribution in [0.1, 0.15) is 63.3 Å². The summed E-state index contributed by atoms with van der Waals surface area (Å²) >= 11 is 0. The number of aryl methyl sites for hydroxylation is 1. The van der Waals surface area contributed by atoms with Crippen molar-refractivity contribution in [3.63, 3.8) is 0 Å². The standard InChI is InChI=1S/C26H43N3O3/c1-5-24-20-28-29(21-24)23(4)26-10-8-25(9-11-26)19-27-12-14-31-16-18-32-17-15-30-13-6-7-22(2)3/h8-11,20-23,27H,5-7,12-19H2,1-4H3. The zero-order valence-corrected chi connectivity index (χ0v) is 20.5. The highest BCUT2D eigenvalue weighted by Crippen LogP contribution is 2.18. The van der Waals surface area contributed by atoms with Gasteiger partial charge in [-0.15, -0.1) is 0 Å². The second-order valence-electron chi connectivity index (χ2n) is 8.65. The molecule has 0 aliphatic heterocycles. The second kappa shape index (κ2) is 16.0. The number of hydrogen-bond donors (Lipinski definition) is 1. The molecule has 0 saturated carbocycles. The fraction of sp³-hybridized carbons (Fsp3) is 0.654. The fourth-order valence-electron chi connectivity index (χ4n) is 3.35. The summed E-state index contributed by atoms with van der Waals surface area (Å²) in [5.41, 5.74) is 3.81. The van der Waals surface area contributed by atoms with Crippen molar-refractivity contribution in [1.82, 2.24) is 15.1 Å². The molecule has 180 valence electrons. The average Bonchev–Trinajstić information content (AvgIpc) is 3.28. The van der Waals surface area contributed by atoms with E-state index in [0.717, 1.165) is 38.5 Å². The maximum atomic E-state index is 5.62. The van der Waals surface area contributed by atoms with Gasteiger partial charge in [-0.05, 0) is 48.8 Å². The topological polar surface area (TPSA) is 57.5 Å². The minimum Gasteiger partial charge on any atom is -0.379 e. The molecule has 2 aromatic rings. The molecule has 0 radical (unpaired) electrons. The Bertz CT molecular complexity index is 715. The number of aromatic nitrogens is 2.